The lowest BCUT2D eigenvalue weighted by molar-refractivity contribution is 0.619. The van der Waals surface area contributed by atoms with Crippen LogP contribution >= 0.6 is 27.5 Å². The fraction of sp³-hybridized carbons (Fsp3) is 0.143. The number of fused-ring (bicyclic) bond motifs is 1. The number of aromatic nitrogens is 3. The number of hydrogen-bond acceptors (Lipinski definition) is 2. The molecule has 20 heavy (non-hydrogen) atoms. The van der Waals surface area contributed by atoms with Gasteiger partial charge in [-0.1, -0.05) is 0 Å². The van der Waals surface area contributed by atoms with E-state index < -0.39 is 0 Å². The molecule has 0 aliphatic heterocycles. The normalized spacial score (nSPS) is 11.2. The number of nitrogens with zero attached hydrogens (tertiary/aromatic N) is 3. The summed E-state index contributed by atoms with van der Waals surface area (Å²) in [4.78, 5) is 8.52. The highest BCUT2D eigenvalue weighted by Gasteiger charge is 2.15. The zero-order valence-corrected chi connectivity index (χ0v) is 12.9. The Labute approximate surface area is 128 Å². The van der Waals surface area contributed by atoms with Gasteiger partial charge in [-0.05, 0) is 46.6 Å². The van der Waals surface area contributed by atoms with E-state index in [-0.39, 0.29) is 11.7 Å². The Bertz CT molecular complexity index is 800. The van der Waals surface area contributed by atoms with Crippen molar-refractivity contribution in [1.82, 2.24) is 14.5 Å². The van der Waals surface area contributed by atoms with E-state index in [9.17, 15) is 4.39 Å². The summed E-state index contributed by atoms with van der Waals surface area (Å²) >= 11 is 9.21. The lowest BCUT2D eigenvalue weighted by atomic mass is 10.2. The summed E-state index contributed by atoms with van der Waals surface area (Å²) in [6.07, 6.45) is 3.39. The quantitative estimate of drug-likeness (QED) is 0.640. The molecule has 3 aromatic rings. The standard InChI is InChI=1S/C14H10BrClFN3/c1-8-4-10(17)9(15)5-13(8)20-12-2-3-18-7-11(12)19-14(20)6-16/h2-5,7H,6H2,1H3. The molecule has 0 saturated carbocycles. The predicted molar refractivity (Wildman–Crippen MR) is 80.8 cm³/mol. The van der Waals surface area contributed by atoms with Crippen LogP contribution in [0.4, 0.5) is 4.39 Å². The molecular weight excluding hydrogens is 345 g/mol. The van der Waals surface area contributed by atoms with Crippen molar-refractivity contribution in [3.8, 4) is 5.69 Å². The van der Waals surface area contributed by atoms with Crippen LogP contribution in [0, 0.1) is 12.7 Å². The average Bonchev–Trinajstić information content (AvgIpc) is 2.81. The number of benzene rings is 1. The topological polar surface area (TPSA) is 30.7 Å². The number of halogens is 3. The lowest BCUT2D eigenvalue weighted by Gasteiger charge is -2.12. The van der Waals surface area contributed by atoms with Gasteiger partial charge < -0.3 is 0 Å². The maximum Gasteiger partial charge on any atom is 0.137 e. The van der Waals surface area contributed by atoms with Gasteiger partial charge >= 0.3 is 0 Å². The van der Waals surface area contributed by atoms with Crippen LogP contribution in [-0.2, 0) is 5.88 Å². The predicted octanol–water partition coefficient (Wildman–Crippen LogP) is 4.37. The van der Waals surface area contributed by atoms with E-state index in [1.165, 1.54) is 6.07 Å². The zero-order chi connectivity index (χ0) is 14.3. The summed E-state index contributed by atoms with van der Waals surface area (Å²) in [6, 6.07) is 5.10. The molecule has 0 unspecified atom stereocenters. The molecule has 0 amide bonds. The number of hydrogen-bond donors (Lipinski definition) is 0. The number of aryl methyl sites for hydroxylation is 1. The SMILES string of the molecule is Cc1cc(F)c(Br)cc1-n1c(CCl)nc2cnccc21. The first-order valence-electron chi connectivity index (χ1n) is 5.95. The summed E-state index contributed by atoms with van der Waals surface area (Å²) < 4.78 is 15.9. The van der Waals surface area contributed by atoms with Crippen LogP contribution in [0.1, 0.15) is 11.4 Å². The van der Waals surface area contributed by atoms with Crippen LogP contribution in [0.2, 0.25) is 0 Å². The molecule has 3 nitrogen and oxygen atoms in total. The molecule has 3 rings (SSSR count). The van der Waals surface area contributed by atoms with Crippen LogP contribution in [0.25, 0.3) is 16.7 Å². The van der Waals surface area contributed by atoms with Crippen molar-refractivity contribution in [3.63, 3.8) is 0 Å². The van der Waals surface area contributed by atoms with Crippen LogP contribution in [0.15, 0.2) is 35.1 Å². The minimum atomic E-state index is -0.287. The monoisotopic (exact) mass is 353 g/mol. The maximum absolute atomic E-state index is 13.6. The second-order valence-electron chi connectivity index (χ2n) is 4.41. The highest BCUT2D eigenvalue weighted by molar-refractivity contribution is 9.10. The lowest BCUT2D eigenvalue weighted by Crippen LogP contribution is -2.02. The van der Waals surface area contributed by atoms with Gasteiger partial charge in [-0.2, -0.15) is 0 Å². The molecule has 0 saturated heterocycles. The summed E-state index contributed by atoms with van der Waals surface area (Å²) in [7, 11) is 0. The largest absolute Gasteiger partial charge is 0.295 e. The van der Waals surface area contributed by atoms with E-state index in [4.69, 9.17) is 11.6 Å². The summed E-state index contributed by atoms with van der Waals surface area (Å²) in [5.74, 6) is 0.685. The van der Waals surface area contributed by atoms with Gasteiger partial charge in [-0.25, -0.2) is 9.37 Å². The Balaban J connectivity index is 2.36. The van der Waals surface area contributed by atoms with Crippen molar-refractivity contribution < 1.29 is 4.39 Å². The molecule has 0 aliphatic rings. The molecule has 2 aromatic heterocycles. The Morgan fingerprint density at radius 1 is 1.40 bits per heavy atom. The molecule has 0 N–H and O–H groups in total. The first-order chi connectivity index (χ1) is 9.61. The number of pyridine rings is 1. The van der Waals surface area contributed by atoms with E-state index in [1.807, 2.05) is 17.6 Å². The molecule has 0 aliphatic carbocycles. The van der Waals surface area contributed by atoms with Crippen LogP contribution in [-0.4, -0.2) is 14.5 Å². The van der Waals surface area contributed by atoms with E-state index in [0.29, 0.717) is 10.3 Å². The van der Waals surface area contributed by atoms with Gasteiger partial charge in [0.2, 0.25) is 0 Å². The summed E-state index contributed by atoms with van der Waals surface area (Å²) in [6.45, 7) is 1.86. The first kappa shape index (κ1) is 13.5. The van der Waals surface area contributed by atoms with Crippen molar-refractivity contribution in [2.24, 2.45) is 0 Å². The first-order valence-corrected chi connectivity index (χ1v) is 7.28. The smallest absolute Gasteiger partial charge is 0.137 e. The van der Waals surface area contributed by atoms with E-state index in [2.05, 4.69) is 25.9 Å². The molecule has 0 atom stereocenters. The molecule has 6 heteroatoms. The van der Waals surface area contributed by atoms with Gasteiger partial charge in [0.05, 0.1) is 27.8 Å². The minimum absolute atomic E-state index is 0.267. The second-order valence-corrected chi connectivity index (χ2v) is 5.54. The molecule has 0 spiro atoms. The third kappa shape index (κ3) is 2.11. The molecule has 102 valence electrons. The maximum atomic E-state index is 13.6. The third-order valence-electron chi connectivity index (χ3n) is 3.13. The molecule has 0 radical (unpaired) electrons. The molecule has 1 aromatic carbocycles. The van der Waals surface area contributed by atoms with Crippen molar-refractivity contribution in [1.29, 1.82) is 0 Å². The van der Waals surface area contributed by atoms with Crippen molar-refractivity contribution in [2.75, 3.05) is 0 Å². The third-order valence-corrected chi connectivity index (χ3v) is 3.97. The van der Waals surface area contributed by atoms with Gasteiger partial charge in [0.15, 0.2) is 0 Å². The van der Waals surface area contributed by atoms with Crippen LogP contribution in [0.3, 0.4) is 0 Å². The van der Waals surface area contributed by atoms with E-state index in [0.717, 1.165) is 22.3 Å². The van der Waals surface area contributed by atoms with E-state index >= 15 is 0 Å². The Morgan fingerprint density at radius 2 is 2.20 bits per heavy atom. The Morgan fingerprint density at radius 3 is 2.95 bits per heavy atom. The number of rotatable bonds is 2. The molecule has 0 fully saturated rings. The molecular formula is C14H10BrClFN3. The second kappa shape index (κ2) is 5.14. The van der Waals surface area contributed by atoms with Crippen molar-refractivity contribution in [2.45, 2.75) is 12.8 Å². The highest BCUT2D eigenvalue weighted by Crippen LogP contribution is 2.28. The van der Waals surface area contributed by atoms with Gasteiger partial charge in [-0.15, -0.1) is 11.6 Å². The summed E-state index contributed by atoms with van der Waals surface area (Å²) in [5.41, 5.74) is 3.33. The number of alkyl halides is 1. The fourth-order valence-electron chi connectivity index (χ4n) is 2.22. The van der Waals surface area contributed by atoms with Gasteiger partial charge in [0.1, 0.15) is 17.2 Å². The Kier molecular flexibility index (Phi) is 3.48. The van der Waals surface area contributed by atoms with E-state index in [1.54, 1.807) is 18.5 Å². The van der Waals surface area contributed by atoms with Gasteiger partial charge in [-0.3, -0.25) is 9.55 Å². The molecule has 2 heterocycles. The molecule has 0 bridgehead atoms. The minimum Gasteiger partial charge on any atom is -0.295 e. The average molecular weight is 355 g/mol. The fourth-order valence-corrected chi connectivity index (χ4v) is 2.73. The Hall–Kier alpha value is -1.46. The van der Waals surface area contributed by atoms with Gasteiger partial charge in [0, 0.05) is 6.20 Å². The zero-order valence-electron chi connectivity index (χ0n) is 10.6. The van der Waals surface area contributed by atoms with Crippen molar-refractivity contribution >= 4 is 38.6 Å². The van der Waals surface area contributed by atoms with Crippen molar-refractivity contribution in [3.05, 3.63) is 52.3 Å². The summed E-state index contributed by atoms with van der Waals surface area (Å²) in [5, 5.41) is 0. The highest BCUT2D eigenvalue weighted by atomic mass is 79.9. The van der Waals surface area contributed by atoms with Gasteiger partial charge in [0.25, 0.3) is 0 Å². The van der Waals surface area contributed by atoms with Crippen LogP contribution < -0.4 is 0 Å². The number of imidazole rings is 1. The van der Waals surface area contributed by atoms with Crippen LogP contribution in [0.5, 0.6) is 0 Å².